The van der Waals surface area contributed by atoms with Gasteiger partial charge in [0.15, 0.2) is 0 Å². The van der Waals surface area contributed by atoms with Gasteiger partial charge in [-0.15, -0.1) is 0 Å². The summed E-state index contributed by atoms with van der Waals surface area (Å²) < 4.78 is 5.71. The summed E-state index contributed by atoms with van der Waals surface area (Å²) in [5.74, 6) is 0.0118. The van der Waals surface area contributed by atoms with Crippen LogP contribution >= 0.6 is 0 Å². The maximum Gasteiger partial charge on any atom is 0.325 e. The number of hydrogen-bond acceptors (Lipinski definition) is 3. The van der Waals surface area contributed by atoms with E-state index in [0.717, 1.165) is 16.9 Å². The second-order valence-corrected chi connectivity index (χ2v) is 5.08. The van der Waals surface area contributed by atoms with Gasteiger partial charge in [0.1, 0.15) is 18.4 Å². The van der Waals surface area contributed by atoms with Crippen molar-refractivity contribution in [1.29, 1.82) is 0 Å². The van der Waals surface area contributed by atoms with E-state index in [1.807, 2.05) is 59.5 Å². The molecule has 0 amide bonds. The van der Waals surface area contributed by atoms with E-state index in [1.165, 1.54) is 0 Å². The van der Waals surface area contributed by atoms with E-state index in [0.29, 0.717) is 19.7 Å². The van der Waals surface area contributed by atoms with E-state index in [4.69, 9.17) is 4.74 Å². The van der Waals surface area contributed by atoms with Crippen LogP contribution in [-0.2, 0) is 11.3 Å². The fourth-order valence-electron chi connectivity index (χ4n) is 2.71. The Balaban J connectivity index is 1.92. The molecular formula is C17H17NO3. The van der Waals surface area contributed by atoms with Crippen LogP contribution in [0.5, 0.6) is 5.75 Å². The smallest absolute Gasteiger partial charge is 0.325 e. The third kappa shape index (κ3) is 2.90. The largest absolute Gasteiger partial charge is 0.492 e. The first-order valence-corrected chi connectivity index (χ1v) is 6.98. The highest BCUT2D eigenvalue weighted by molar-refractivity contribution is 5.75. The van der Waals surface area contributed by atoms with E-state index in [-0.39, 0.29) is 0 Å². The molecule has 1 heterocycles. The quantitative estimate of drug-likeness (QED) is 0.941. The number of carboxylic acids is 1. The summed E-state index contributed by atoms with van der Waals surface area (Å²) in [5.41, 5.74) is 1.82. The topological polar surface area (TPSA) is 49.8 Å². The van der Waals surface area contributed by atoms with Crippen molar-refractivity contribution in [3.63, 3.8) is 0 Å². The number of carbonyl (C=O) groups is 1. The van der Waals surface area contributed by atoms with Crippen LogP contribution < -0.4 is 4.74 Å². The van der Waals surface area contributed by atoms with Crippen LogP contribution in [0.2, 0.25) is 0 Å². The molecule has 21 heavy (non-hydrogen) atoms. The summed E-state index contributed by atoms with van der Waals surface area (Å²) in [6, 6.07) is 16.5. The summed E-state index contributed by atoms with van der Waals surface area (Å²) in [4.78, 5) is 13.7. The Labute approximate surface area is 123 Å². The number of aliphatic carboxylic acids is 1. The van der Waals surface area contributed by atoms with E-state index in [1.54, 1.807) is 0 Å². The molecule has 4 heteroatoms. The molecule has 0 saturated carbocycles. The minimum atomic E-state index is -0.833. The predicted octanol–water partition coefficient (Wildman–Crippen LogP) is 2.71. The Kier molecular flexibility index (Phi) is 3.88. The van der Waals surface area contributed by atoms with Crippen molar-refractivity contribution in [3.05, 3.63) is 65.7 Å². The molecule has 1 unspecified atom stereocenters. The Bertz CT molecular complexity index is 627. The first kappa shape index (κ1) is 13.6. The molecule has 0 saturated heterocycles. The third-order valence-corrected chi connectivity index (χ3v) is 3.70. The van der Waals surface area contributed by atoms with E-state index < -0.39 is 12.0 Å². The second kappa shape index (κ2) is 5.97. The lowest BCUT2D eigenvalue weighted by Crippen LogP contribution is -2.35. The van der Waals surface area contributed by atoms with Gasteiger partial charge in [-0.2, -0.15) is 0 Å². The highest BCUT2D eigenvalue weighted by Crippen LogP contribution is 2.28. The molecule has 0 fully saturated rings. The van der Waals surface area contributed by atoms with Gasteiger partial charge in [-0.1, -0.05) is 48.5 Å². The average Bonchev–Trinajstić information content (AvgIpc) is 2.70. The van der Waals surface area contributed by atoms with Crippen LogP contribution in [0.15, 0.2) is 54.6 Å². The van der Waals surface area contributed by atoms with E-state index >= 15 is 0 Å². The SMILES string of the molecule is O=C(O)C(c1ccccc1)N1CCOc2ccccc2C1. The zero-order valence-electron chi connectivity index (χ0n) is 11.6. The lowest BCUT2D eigenvalue weighted by molar-refractivity contribution is -0.144. The van der Waals surface area contributed by atoms with E-state index in [9.17, 15) is 9.90 Å². The van der Waals surface area contributed by atoms with Crippen molar-refractivity contribution in [2.24, 2.45) is 0 Å². The Morgan fingerprint density at radius 2 is 1.81 bits per heavy atom. The molecule has 2 aromatic carbocycles. The van der Waals surface area contributed by atoms with Gasteiger partial charge in [0.2, 0.25) is 0 Å². The Morgan fingerprint density at radius 1 is 1.10 bits per heavy atom. The number of para-hydroxylation sites is 1. The summed E-state index contributed by atoms with van der Waals surface area (Å²) in [5, 5.41) is 9.64. The fourth-order valence-corrected chi connectivity index (χ4v) is 2.71. The normalized spacial score (nSPS) is 16.4. The van der Waals surface area contributed by atoms with Crippen molar-refractivity contribution >= 4 is 5.97 Å². The highest BCUT2D eigenvalue weighted by Gasteiger charge is 2.29. The summed E-state index contributed by atoms with van der Waals surface area (Å²) in [7, 11) is 0. The molecule has 0 spiro atoms. The summed E-state index contributed by atoms with van der Waals surface area (Å²) >= 11 is 0. The number of carboxylic acid groups (broad SMARTS) is 1. The van der Waals surface area contributed by atoms with Crippen molar-refractivity contribution in [1.82, 2.24) is 4.90 Å². The molecule has 0 aliphatic carbocycles. The first-order valence-electron chi connectivity index (χ1n) is 6.98. The molecule has 2 aromatic rings. The maximum atomic E-state index is 11.7. The lowest BCUT2D eigenvalue weighted by Gasteiger charge is -2.27. The van der Waals surface area contributed by atoms with Gasteiger partial charge < -0.3 is 9.84 Å². The van der Waals surface area contributed by atoms with Gasteiger partial charge in [0, 0.05) is 18.7 Å². The maximum absolute atomic E-state index is 11.7. The second-order valence-electron chi connectivity index (χ2n) is 5.08. The van der Waals surface area contributed by atoms with Crippen LogP contribution in [0.4, 0.5) is 0 Å². The van der Waals surface area contributed by atoms with E-state index in [2.05, 4.69) is 0 Å². The van der Waals surface area contributed by atoms with Crippen LogP contribution in [0.3, 0.4) is 0 Å². The van der Waals surface area contributed by atoms with Crippen molar-refractivity contribution in [2.45, 2.75) is 12.6 Å². The molecule has 1 atom stereocenters. The number of nitrogens with zero attached hydrogens (tertiary/aromatic N) is 1. The van der Waals surface area contributed by atoms with Gasteiger partial charge in [0.25, 0.3) is 0 Å². The first-order chi connectivity index (χ1) is 10.3. The van der Waals surface area contributed by atoms with Gasteiger partial charge in [-0.3, -0.25) is 9.69 Å². The number of fused-ring (bicyclic) bond motifs is 1. The molecule has 0 aromatic heterocycles. The van der Waals surface area contributed by atoms with Gasteiger partial charge in [0.05, 0.1) is 0 Å². The molecule has 3 rings (SSSR count). The molecule has 0 bridgehead atoms. The zero-order chi connectivity index (χ0) is 14.7. The molecule has 1 aliphatic heterocycles. The number of rotatable bonds is 3. The lowest BCUT2D eigenvalue weighted by atomic mass is 10.0. The molecule has 1 N–H and O–H groups in total. The Morgan fingerprint density at radius 3 is 2.57 bits per heavy atom. The minimum Gasteiger partial charge on any atom is -0.492 e. The fraction of sp³-hybridized carbons (Fsp3) is 0.235. The van der Waals surface area contributed by atoms with Crippen molar-refractivity contribution in [2.75, 3.05) is 13.2 Å². The van der Waals surface area contributed by atoms with Crippen LogP contribution in [-0.4, -0.2) is 29.1 Å². The van der Waals surface area contributed by atoms with Crippen molar-refractivity contribution < 1.29 is 14.6 Å². The summed E-state index contributed by atoms with van der Waals surface area (Å²) in [6.45, 7) is 1.65. The van der Waals surface area contributed by atoms with Gasteiger partial charge in [-0.25, -0.2) is 0 Å². The molecular weight excluding hydrogens is 266 g/mol. The third-order valence-electron chi connectivity index (χ3n) is 3.70. The van der Waals surface area contributed by atoms with Gasteiger partial charge >= 0.3 is 5.97 Å². The molecule has 4 nitrogen and oxygen atoms in total. The number of benzene rings is 2. The van der Waals surface area contributed by atoms with Crippen LogP contribution in [0.25, 0.3) is 0 Å². The van der Waals surface area contributed by atoms with Gasteiger partial charge in [-0.05, 0) is 11.6 Å². The number of hydrogen-bond donors (Lipinski definition) is 1. The number of ether oxygens (including phenoxy) is 1. The highest BCUT2D eigenvalue weighted by atomic mass is 16.5. The molecule has 108 valence electrons. The molecule has 0 radical (unpaired) electrons. The standard InChI is InChI=1S/C17H17NO3/c19-17(20)16(13-6-2-1-3-7-13)18-10-11-21-15-9-5-4-8-14(15)12-18/h1-9,16H,10-12H2,(H,19,20). The monoisotopic (exact) mass is 283 g/mol. The van der Waals surface area contributed by atoms with Crippen LogP contribution in [0, 0.1) is 0 Å². The summed E-state index contributed by atoms with van der Waals surface area (Å²) in [6.07, 6.45) is 0. The predicted molar refractivity (Wildman–Crippen MR) is 79.2 cm³/mol. The Hall–Kier alpha value is -2.33. The molecule has 1 aliphatic rings. The van der Waals surface area contributed by atoms with Crippen LogP contribution in [0.1, 0.15) is 17.2 Å². The minimum absolute atomic E-state index is 0.494. The average molecular weight is 283 g/mol. The van der Waals surface area contributed by atoms with Crippen molar-refractivity contribution in [3.8, 4) is 5.75 Å². The zero-order valence-corrected chi connectivity index (χ0v) is 11.6.